The van der Waals surface area contributed by atoms with Crippen LogP contribution in [0.25, 0.3) is 98.8 Å². The van der Waals surface area contributed by atoms with Crippen LogP contribution in [-0.4, -0.2) is 37.1 Å². The molecular weight excluding hydrogens is 675 g/mol. The summed E-state index contributed by atoms with van der Waals surface area (Å²) >= 11 is 1.65. The normalized spacial score (nSPS) is 11.6. The van der Waals surface area contributed by atoms with Crippen molar-refractivity contribution >= 4 is 66.8 Å². The molecule has 0 aliphatic carbocycles. The first-order chi connectivity index (χ1) is 26.1. The minimum Gasteiger partial charge on any atom is -0.456 e. The Labute approximate surface area is 307 Å². The van der Waals surface area contributed by atoms with Crippen LogP contribution in [0, 0.1) is 0 Å². The molecule has 0 unspecified atom stereocenters. The first-order valence-corrected chi connectivity index (χ1v) is 18.0. The number of para-hydroxylation sites is 1. The van der Waals surface area contributed by atoms with E-state index in [1.54, 1.807) is 17.4 Å². The van der Waals surface area contributed by atoms with Gasteiger partial charge in [-0.15, -0.1) is 11.3 Å². The van der Waals surface area contributed by atoms with E-state index in [4.69, 9.17) is 24.4 Å². The lowest BCUT2D eigenvalue weighted by atomic mass is 9.78. The number of aromatic nitrogens is 4. The summed E-state index contributed by atoms with van der Waals surface area (Å²) in [6.45, 7) is 0. The summed E-state index contributed by atoms with van der Waals surface area (Å²) in [5.74, 6) is 1.48. The summed E-state index contributed by atoms with van der Waals surface area (Å²) < 4.78 is 7.46. The summed E-state index contributed by atoms with van der Waals surface area (Å²) in [5, 5.41) is 25.7. The molecule has 0 saturated heterocycles. The van der Waals surface area contributed by atoms with Gasteiger partial charge in [-0.3, -0.25) is 0 Å². The maximum Gasteiger partial charge on any atom is 0.488 e. The van der Waals surface area contributed by atoms with E-state index in [0.29, 0.717) is 28.5 Å². The smallest absolute Gasteiger partial charge is 0.456 e. The Morgan fingerprint density at radius 2 is 1.11 bits per heavy atom. The number of rotatable bonds is 6. The van der Waals surface area contributed by atoms with Gasteiger partial charge in [0, 0.05) is 33.2 Å². The van der Waals surface area contributed by atoms with Crippen molar-refractivity contribution in [2.45, 2.75) is 0 Å². The molecule has 0 aliphatic heterocycles. The van der Waals surface area contributed by atoms with Crippen molar-refractivity contribution in [3.8, 4) is 55.9 Å². The average molecular weight is 703 g/mol. The van der Waals surface area contributed by atoms with Gasteiger partial charge in [-0.2, -0.15) is 0 Å². The Hall–Kier alpha value is -6.52. The van der Waals surface area contributed by atoms with E-state index < -0.39 is 7.12 Å². The molecule has 0 fully saturated rings. The van der Waals surface area contributed by atoms with Crippen LogP contribution in [0.2, 0.25) is 0 Å². The van der Waals surface area contributed by atoms with Crippen molar-refractivity contribution in [1.82, 2.24) is 19.9 Å². The van der Waals surface area contributed by atoms with Crippen molar-refractivity contribution < 1.29 is 14.5 Å². The molecule has 250 valence electrons. The van der Waals surface area contributed by atoms with Gasteiger partial charge in [0.2, 0.25) is 0 Å². The molecule has 0 bridgehead atoms. The minimum atomic E-state index is -1.71. The van der Waals surface area contributed by atoms with Crippen molar-refractivity contribution in [2.75, 3.05) is 0 Å². The van der Waals surface area contributed by atoms with Crippen molar-refractivity contribution in [3.63, 3.8) is 0 Å². The van der Waals surface area contributed by atoms with Crippen LogP contribution in [0.5, 0.6) is 0 Å². The Morgan fingerprint density at radius 1 is 0.491 bits per heavy atom. The molecule has 0 radical (unpaired) electrons. The van der Waals surface area contributed by atoms with Gasteiger partial charge in [-0.1, -0.05) is 133 Å². The van der Waals surface area contributed by atoms with Crippen molar-refractivity contribution in [2.24, 2.45) is 0 Å². The lowest BCUT2D eigenvalue weighted by Gasteiger charge is -2.13. The summed E-state index contributed by atoms with van der Waals surface area (Å²) in [4.78, 5) is 20.0. The summed E-state index contributed by atoms with van der Waals surface area (Å²) in [5.41, 5.74) is 8.10. The molecule has 7 aromatic carbocycles. The SMILES string of the molecule is OB(O)c1cc(-c2nc(-c3ccccc3)nc(-c3ccccc3)n2)c2ccc(-c3cc4oc5ccccc5c4c4nc(-c5ccccc5)sc34)cc2c1. The molecule has 10 aromatic rings. The maximum absolute atomic E-state index is 10.5. The molecule has 10 rings (SSSR count). The number of hydrogen-bond acceptors (Lipinski definition) is 8. The first kappa shape index (κ1) is 31.2. The zero-order chi connectivity index (χ0) is 35.5. The quantitative estimate of drug-likeness (QED) is 0.166. The van der Waals surface area contributed by atoms with Crippen LogP contribution < -0.4 is 5.46 Å². The van der Waals surface area contributed by atoms with E-state index in [1.165, 1.54) is 0 Å². The van der Waals surface area contributed by atoms with E-state index in [-0.39, 0.29) is 0 Å². The topological polar surface area (TPSA) is 105 Å². The van der Waals surface area contributed by atoms with Gasteiger partial charge < -0.3 is 14.5 Å². The Bertz CT molecular complexity index is 2930. The van der Waals surface area contributed by atoms with Crippen LogP contribution in [0.1, 0.15) is 0 Å². The van der Waals surface area contributed by atoms with Crippen LogP contribution in [0.4, 0.5) is 0 Å². The molecule has 9 heteroatoms. The molecule has 2 N–H and O–H groups in total. The zero-order valence-corrected chi connectivity index (χ0v) is 28.8. The zero-order valence-electron chi connectivity index (χ0n) is 28.0. The predicted molar refractivity (Wildman–Crippen MR) is 215 cm³/mol. The van der Waals surface area contributed by atoms with Crippen molar-refractivity contribution in [1.29, 1.82) is 0 Å². The number of hydrogen-bond donors (Lipinski definition) is 2. The van der Waals surface area contributed by atoms with Crippen LogP contribution in [0.15, 0.2) is 156 Å². The third kappa shape index (κ3) is 5.46. The molecule has 0 spiro atoms. The van der Waals surface area contributed by atoms with E-state index in [9.17, 15) is 10.0 Å². The van der Waals surface area contributed by atoms with Gasteiger partial charge in [0.1, 0.15) is 16.2 Å². The standard InChI is InChI=1S/C44H27BN4O3S/c50-45(51)31-23-30-22-29(34-25-37-38(33-18-10-11-19-36(33)52-37)39-40(34)53-44(46-39)28-16-8-3-9-17-28)20-21-32(30)35(24-31)43-48-41(26-12-4-1-5-13-26)47-42(49-43)27-14-6-2-7-15-27/h1-25,50-51H. The van der Waals surface area contributed by atoms with E-state index in [1.807, 2.05) is 103 Å². The fourth-order valence-corrected chi connectivity index (χ4v) is 8.14. The lowest BCUT2D eigenvalue weighted by molar-refractivity contribution is 0.426. The largest absolute Gasteiger partial charge is 0.488 e. The fraction of sp³-hybridized carbons (Fsp3) is 0. The third-order valence-electron chi connectivity index (χ3n) is 9.55. The van der Waals surface area contributed by atoms with Gasteiger partial charge in [-0.05, 0) is 40.0 Å². The summed E-state index contributed by atoms with van der Waals surface area (Å²) in [6, 6.07) is 49.7. The fourth-order valence-electron chi connectivity index (χ4n) is 7.02. The highest BCUT2D eigenvalue weighted by Gasteiger charge is 2.22. The van der Waals surface area contributed by atoms with Gasteiger partial charge in [-0.25, -0.2) is 19.9 Å². The van der Waals surface area contributed by atoms with Gasteiger partial charge in [0.25, 0.3) is 0 Å². The van der Waals surface area contributed by atoms with E-state index in [2.05, 4.69) is 42.5 Å². The number of nitrogens with zero attached hydrogens (tertiary/aromatic N) is 4. The molecule has 0 amide bonds. The molecule has 53 heavy (non-hydrogen) atoms. The summed E-state index contributed by atoms with van der Waals surface area (Å²) in [7, 11) is -1.71. The Morgan fingerprint density at radius 3 is 1.79 bits per heavy atom. The Balaban J connectivity index is 1.21. The third-order valence-corrected chi connectivity index (χ3v) is 10.7. The second-order valence-electron chi connectivity index (χ2n) is 12.9. The molecule has 0 aliphatic rings. The Kier molecular flexibility index (Phi) is 7.43. The number of benzene rings is 7. The molecule has 0 atom stereocenters. The van der Waals surface area contributed by atoms with Gasteiger partial charge in [0.05, 0.1) is 15.6 Å². The monoisotopic (exact) mass is 702 g/mol. The number of thiazole rings is 1. The lowest BCUT2D eigenvalue weighted by Crippen LogP contribution is -2.29. The molecular formula is C44H27BN4O3S. The molecule has 0 saturated carbocycles. The highest BCUT2D eigenvalue weighted by molar-refractivity contribution is 7.22. The predicted octanol–water partition coefficient (Wildman–Crippen LogP) is 9.55. The van der Waals surface area contributed by atoms with Crippen molar-refractivity contribution in [3.05, 3.63) is 152 Å². The van der Waals surface area contributed by atoms with Crippen LogP contribution in [0.3, 0.4) is 0 Å². The molecule has 3 aromatic heterocycles. The number of furan rings is 1. The second kappa shape index (κ2) is 12.6. The maximum atomic E-state index is 10.5. The highest BCUT2D eigenvalue weighted by atomic mass is 32.1. The molecule has 7 nitrogen and oxygen atoms in total. The molecule has 3 heterocycles. The first-order valence-electron chi connectivity index (χ1n) is 17.2. The average Bonchev–Trinajstić information content (AvgIpc) is 3.83. The minimum absolute atomic E-state index is 0.328. The number of fused-ring (bicyclic) bond motifs is 6. The van der Waals surface area contributed by atoms with Crippen LogP contribution in [-0.2, 0) is 0 Å². The van der Waals surface area contributed by atoms with Gasteiger partial charge >= 0.3 is 7.12 Å². The van der Waals surface area contributed by atoms with E-state index >= 15 is 0 Å². The highest BCUT2D eigenvalue weighted by Crippen LogP contribution is 2.45. The van der Waals surface area contributed by atoms with Gasteiger partial charge in [0.15, 0.2) is 17.5 Å². The summed E-state index contributed by atoms with van der Waals surface area (Å²) in [6.07, 6.45) is 0. The van der Waals surface area contributed by atoms with E-state index in [0.717, 1.165) is 75.8 Å². The second-order valence-corrected chi connectivity index (χ2v) is 13.9. The van der Waals surface area contributed by atoms with Crippen LogP contribution >= 0.6 is 11.3 Å².